The van der Waals surface area contributed by atoms with Crippen molar-refractivity contribution in [2.45, 2.75) is 65.2 Å². The van der Waals surface area contributed by atoms with Gasteiger partial charge in [-0.15, -0.1) is 6.58 Å². The van der Waals surface area contributed by atoms with Gasteiger partial charge < -0.3 is 9.32 Å². The van der Waals surface area contributed by atoms with Gasteiger partial charge in [0.2, 0.25) is 11.7 Å². The predicted molar refractivity (Wildman–Crippen MR) is 138 cm³/mol. The van der Waals surface area contributed by atoms with Crippen LogP contribution in [0.25, 0.3) is 5.57 Å². The maximum absolute atomic E-state index is 12.8. The number of nitrogens with zero attached hydrogens (tertiary/aromatic N) is 2. The molecule has 1 aliphatic heterocycles. The van der Waals surface area contributed by atoms with Crippen LogP contribution in [0.4, 0.5) is 5.69 Å². The van der Waals surface area contributed by atoms with Crippen molar-refractivity contribution < 1.29 is 18.8 Å². The number of ketones is 2. The van der Waals surface area contributed by atoms with Crippen molar-refractivity contribution in [1.29, 1.82) is 0 Å². The van der Waals surface area contributed by atoms with Gasteiger partial charge in [-0.05, 0) is 56.2 Å². The molecule has 6 nitrogen and oxygen atoms in total. The lowest BCUT2D eigenvalue weighted by molar-refractivity contribution is -0.117. The van der Waals surface area contributed by atoms with Crippen LogP contribution < -0.4 is 4.90 Å². The first kappa shape index (κ1) is 26.3. The first-order valence-corrected chi connectivity index (χ1v) is 12.6. The van der Waals surface area contributed by atoms with E-state index in [1.807, 2.05) is 35.2 Å². The summed E-state index contributed by atoms with van der Waals surface area (Å²) in [5, 5.41) is 0. The van der Waals surface area contributed by atoms with Crippen molar-refractivity contribution in [2.75, 3.05) is 11.4 Å². The number of allylic oxidation sites excluding steroid dienone is 3. The third-order valence-electron chi connectivity index (χ3n) is 6.61. The number of aromatic nitrogens is 1. The molecule has 2 aromatic rings. The van der Waals surface area contributed by atoms with Gasteiger partial charge >= 0.3 is 0 Å². The summed E-state index contributed by atoms with van der Waals surface area (Å²) in [7, 11) is 0. The summed E-state index contributed by atoms with van der Waals surface area (Å²) in [5.74, 6) is 0.544. The van der Waals surface area contributed by atoms with E-state index in [4.69, 9.17) is 4.42 Å². The molecule has 1 saturated heterocycles. The second-order valence-electron chi connectivity index (χ2n) is 9.29. The third kappa shape index (κ3) is 7.10. The highest BCUT2D eigenvalue weighted by molar-refractivity contribution is 6.19. The predicted octanol–water partition coefficient (Wildman–Crippen LogP) is 6.44. The normalized spacial score (nSPS) is 17.0. The van der Waals surface area contributed by atoms with Crippen molar-refractivity contribution in [2.24, 2.45) is 11.8 Å². The fourth-order valence-corrected chi connectivity index (χ4v) is 4.83. The highest BCUT2D eigenvalue weighted by Crippen LogP contribution is 2.31. The van der Waals surface area contributed by atoms with Crippen LogP contribution >= 0.6 is 0 Å². The van der Waals surface area contributed by atoms with E-state index in [2.05, 4.69) is 18.5 Å². The zero-order chi connectivity index (χ0) is 25.2. The second kappa shape index (κ2) is 13.0. The molecule has 0 aliphatic carbocycles. The van der Waals surface area contributed by atoms with Gasteiger partial charge in [0.15, 0.2) is 5.78 Å². The van der Waals surface area contributed by atoms with E-state index in [1.54, 1.807) is 13.0 Å². The number of hydrogen-bond acceptors (Lipinski definition) is 5. The molecule has 2 atom stereocenters. The lowest BCUT2D eigenvalue weighted by atomic mass is 9.91. The van der Waals surface area contributed by atoms with Gasteiger partial charge in [0, 0.05) is 30.1 Å². The number of rotatable bonds is 14. The second-order valence-corrected chi connectivity index (χ2v) is 9.29. The fourth-order valence-electron chi connectivity index (χ4n) is 4.83. The highest BCUT2D eigenvalue weighted by Gasteiger charge is 2.30. The van der Waals surface area contributed by atoms with Crippen LogP contribution in [0, 0.1) is 11.8 Å². The molecule has 35 heavy (non-hydrogen) atoms. The molecule has 1 amide bonds. The maximum Gasteiger partial charge on any atom is 0.263 e. The van der Waals surface area contributed by atoms with Crippen LogP contribution in [-0.4, -0.2) is 29.0 Å². The smallest absolute Gasteiger partial charge is 0.263 e. The third-order valence-corrected chi connectivity index (χ3v) is 6.61. The molecular formula is C29H36N2O4. The minimum absolute atomic E-state index is 0.00249. The first-order valence-electron chi connectivity index (χ1n) is 12.6. The van der Waals surface area contributed by atoms with Crippen LogP contribution in [0.5, 0.6) is 0 Å². The minimum Gasteiger partial charge on any atom is -0.442 e. The Hall–Kier alpha value is -3.28. The molecule has 1 aromatic heterocycles. The number of benzene rings is 1. The van der Waals surface area contributed by atoms with Crippen molar-refractivity contribution >= 4 is 28.7 Å². The molecule has 0 saturated carbocycles. The Morgan fingerprint density at radius 3 is 2.80 bits per heavy atom. The van der Waals surface area contributed by atoms with Crippen LogP contribution in [0.2, 0.25) is 0 Å². The summed E-state index contributed by atoms with van der Waals surface area (Å²) in [5.41, 5.74) is 2.31. The fraction of sp³-hybridized carbons (Fsp3) is 0.448. The van der Waals surface area contributed by atoms with E-state index in [1.165, 1.54) is 12.5 Å². The van der Waals surface area contributed by atoms with Crippen molar-refractivity contribution in [1.82, 2.24) is 4.98 Å². The Bertz CT molecular complexity index is 1050. The summed E-state index contributed by atoms with van der Waals surface area (Å²) in [6, 6.07) is 7.66. The number of oxazole rings is 1. The van der Waals surface area contributed by atoms with Gasteiger partial charge in [0.25, 0.3) is 5.89 Å². The lowest BCUT2D eigenvalue weighted by Crippen LogP contribution is -2.24. The lowest BCUT2D eigenvalue weighted by Gasteiger charge is -2.18. The summed E-state index contributed by atoms with van der Waals surface area (Å²) in [4.78, 5) is 43.4. The molecule has 0 bridgehead atoms. The minimum atomic E-state index is -0.0623. The number of hydrogen-bond donors (Lipinski definition) is 0. The summed E-state index contributed by atoms with van der Waals surface area (Å²) >= 11 is 0. The Kier molecular flexibility index (Phi) is 9.76. The molecule has 2 unspecified atom stereocenters. The van der Waals surface area contributed by atoms with E-state index in [-0.39, 0.29) is 29.3 Å². The van der Waals surface area contributed by atoms with Gasteiger partial charge in [-0.25, -0.2) is 4.98 Å². The zero-order valence-electron chi connectivity index (χ0n) is 20.9. The van der Waals surface area contributed by atoms with E-state index in [0.717, 1.165) is 49.8 Å². The topological polar surface area (TPSA) is 80.5 Å². The number of amides is 1. The molecule has 6 heteroatoms. The van der Waals surface area contributed by atoms with E-state index in [9.17, 15) is 14.4 Å². The monoisotopic (exact) mass is 476 g/mol. The molecular weight excluding hydrogens is 440 g/mol. The average molecular weight is 477 g/mol. The molecule has 2 heterocycles. The zero-order valence-corrected chi connectivity index (χ0v) is 20.9. The SMILES string of the molecule is C=CC/C=C(\C(C)=O)c1cccc(N2CC(CCCCC(CCC)C(=O)c3ncco3)CC2=O)c1. The van der Waals surface area contributed by atoms with Crippen LogP contribution in [0.3, 0.4) is 0 Å². The summed E-state index contributed by atoms with van der Waals surface area (Å²) < 4.78 is 5.20. The molecule has 1 aliphatic rings. The van der Waals surface area contributed by atoms with Gasteiger partial charge in [-0.1, -0.05) is 50.5 Å². The van der Waals surface area contributed by atoms with E-state index < -0.39 is 0 Å². The van der Waals surface area contributed by atoms with Gasteiger partial charge in [-0.3, -0.25) is 14.4 Å². The van der Waals surface area contributed by atoms with Crippen LogP contribution in [-0.2, 0) is 9.59 Å². The van der Waals surface area contributed by atoms with Crippen molar-refractivity contribution in [3.63, 3.8) is 0 Å². The molecule has 186 valence electrons. The van der Waals surface area contributed by atoms with Gasteiger partial charge in [-0.2, -0.15) is 0 Å². The largest absolute Gasteiger partial charge is 0.442 e. The summed E-state index contributed by atoms with van der Waals surface area (Å²) in [6.07, 6.45) is 13.2. The van der Waals surface area contributed by atoms with Crippen molar-refractivity contribution in [3.8, 4) is 0 Å². The maximum atomic E-state index is 12.8. The Labute approximate surface area is 208 Å². The van der Waals surface area contributed by atoms with Gasteiger partial charge in [0.05, 0.1) is 6.20 Å². The number of unbranched alkanes of at least 4 members (excludes halogenated alkanes) is 1. The molecule has 0 N–H and O–H groups in total. The number of anilines is 1. The van der Waals surface area contributed by atoms with E-state index in [0.29, 0.717) is 30.9 Å². The standard InChI is InChI=1S/C29H36N2O4/c1-4-6-15-26(21(3)32)24-13-9-14-25(19-24)31-20-22(18-27(31)33)11-7-8-12-23(10-5-2)28(34)29-30-16-17-35-29/h4,9,13-17,19,22-23H,1,5-8,10-12,18,20H2,2-3H3/b26-15+. The molecule has 0 radical (unpaired) electrons. The average Bonchev–Trinajstić information content (AvgIpc) is 3.51. The van der Waals surface area contributed by atoms with Crippen LogP contribution in [0.15, 0.2) is 59.9 Å². The van der Waals surface area contributed by atoms with E-state index >= 15 is 0 Å². The first-order chi connectivity index (χ1) is 16.9. The van der Waals surface area contributed by atoms with Crippen LogP contribution in [0.1, 0.15) is 81.5 Å². The van der Waals surface area contributed by atoms with Crippen molar-refractivity contribution in [3.05, 3.63) is 66.9 Å². The number of carbonyl (C=O) groups excluding carboxylic acids is 3. The Morgan fingerprint density at radius 2 is 2.11 bits per heavy atom. The summed E-state index contributed by atoms with van der Waals surface area (Å²) in [6.45, 7) is 8.04. The molecule has 0 spiro atoms. The molecule has 3 rings (SSSR count). The highest BCUT2D eigenvalue weighted by atomic mass is 16.3. The van der Waals surface area contributed by atoms with Gasteiger partial charge in [0.1, 0.15) is 6.26 Å². The Morgan fingerprint density at radius 1 is 1.29 bits per heavy atom. The molecule has 1 aromatic carbocycles. The number of carbonyl (C=O) groups is 3. The Balaban J connectivity index is 1.55. The molecule has 1 fully saturated rings. The quantitative estimate of drug-likeness (QED) is 0.136. The number of Topliss-reactive ketones (excluding diaryl/α,β-unsaturated/α-hetero) is 2.